The molecule has 1 unspecified atom stereocenters. The summed E-state index contributed by atoms with van der Waals surface area (Å²) in [7, 11) is 1.66. The van der Waals surface area contributed by atoms with E-state index in [-0.39, 0.29) is 41.2 Å². The molecule has 5 heterocycles. The van der Waals surface area contributed by atoms with Crippen molar-refractivity contribution in [3.8, 4) is 5.75 Å². The molecule has 0 spiro atoms. The maximum Gasteiger partial charge on any atom is 0.250 e. The highest BCUT2D eigenvalue weighted by atomic mass is 16.5. The Bertz CT molecular complexity index is 1780. The molecule has 0 radical (unpaired) electrons. The molecule has 9 nitrogen and oxygen atoms in total. The van der Waals surface area contributed by atoms with E-state index in [2.05, 4.69) is 27.7 Å². The molecular weight excluding hydrogens is 568 g/mol. The molecule has 2 amide bonds. The van der Waals surface area contributed by atoms with Gasteiger partial charge in [-0.1, -0.05) is 24.3 Å². The third kappa shape index (κ3) is 5.41. The summed E-state index contributed by atoms with van der Waals surface area (Å²) < 4.78 is 13.4. The number of aromatic nitrogens is 1. The molecule has 1 saturated heterocycles. The van der Waals surface area contributed by atoms with Crippen LogP contribution < -0.4 is 25.8 Å². The van der Waals surface area contributed by atoms with Crippen molar-refractivity contribution in [2.24, 2.45) is 11.8 Å². The lowest BCUT2D eigenvalue weighted by molar-refractivity contribution is -0.126. The van der Waals surface area contributed by atoms with Gasteiger partial charge < -0.3 is 29.3 Å². The van der Waals surface area contributed by atoms with Crippen molar-refractivity contribution in [3.05, 3.63) is 112 Å². The second kappa shape index (κ2) is 12.0. The molecule has 2 aromatic heterocycles. The number of nitrogens with one attached hydrogen (secondary N) is 2. The van der Waals surface area contributed by atoms with E-state index in [1.54, 1.807) is 19.4 Å². The molecule has 0 aliphatic carbocycles. The molecular formula is C36H38N4O5. The summed E-state index contributed by atoms with van der Waals surface area (Å²) in [4.78, 5) is 41.4. The van der Waals surface area contributed by atoms with Gasteiger partial charge in [0.15, 0.2) is 0 Å². The highest BCUT2D eigenvalue weighted by molar-refractivity contribution is 5.89. The number of furan rings is 1. The number of benzene rings is 2. The number of anilines is 2. The van der Waals surface area contributed by atoms with Crippen LogP contribution in [0.1, 0.15) is 54.2 Å². The zero-order valence-corrected chi connectivity index (χ0v) is 25.6. The van der Waals surface area contributed by atoms with Gasteiger partial charge in [0.2, 0.25) is 11.8 Å². The first-order valence-electron chi connectivity index (χ1n) is 15.7. The van der Waals surface area contributed by atoms with Crippen molar-refractivity contribution >= 4 is 23.2 Å². The van der Waals surface area contributed by atoms with Crippen LogP contribution in [-0.2, 0) is 22.6 Å². The predicted octanol–water partition coefficient (Wildman–Crippen LogP) is 4.91. The number of hydrogen-bond donors (Lipinski definition) is 2. The van der Waals surface area contributed by atoms with Crippen molar-refractivity contribution in [2.75, 3.05) is 30.4 Å². The standard InChI is InChI=1S/C36H38N4O5/c1-22(41)38-25-12-13-30-24(18-25)19-29(35-28-17-23(21-40(30)35)20-39-31(28)8-5-11-34(39)42)36(43)37-15-14-27(33-10-6-16-45-33)26-7-3-4-9-32(26)44-2/h3-13,16,18,23,27-29,35H,14-15,17,19-21H2,1-2H3,(H,37,43)(H,38,41)/t23-,27?,28+,29+,35+/m0/s1. The molecule has 1 fully saturated rings. The fourth-order valence-corrected chi connectivity index (χ4v) is 7.97. The van der Waals surface area contributed by atoms with Crippen LogP contribution in [0.15, 0.2) is 88.3 Å². The van der Waals surface area contributed by atoms with Crippen LogP contribution in [0.25, 0.3) is 0 Å². The number of fused-ring (bicyclic) bond motifs is 8. The Labute approximate surface area is 262 Å². The normalized spacial score (nSPS) is 22.0. The monoisotopic (exact) mass is 606 g/mol. The summed E-state index contributed by atoms with van der Waals surface area (Å²) in [5.74, 6) is 1.38. The number of carbonyl (C=O) groups excluding carboxylic acids is 2. The Morgan fingerprint density at radius 2 is 1.91 bits per heavy atom. The number of carbonyl (C=O) groups is 2. The van der Waals surface area contributed by atoms with Gasteiger partial charge >= 0.3 is 0 Å². The van der Waals surface area contributed by atoms with E-state index in [1.165, 1.54) is 6.92 Å². The summed E-state index contributed by atoms with van der Waals surface area (Å²) in [5, 5.41) is 6.19. The number of rotatable bonds is 8. The second-order valence-electron chi connectivity index (χ2n) is 12.5. The number of para-hydroxylation sites is 1. The van der Waals surface area contributed by atoms with E-state index in [9.17, 15) is 14.4 Å². The maximum atomic E-state index is 14.3. The van der Waals surface area contributed by atoms with Crippen LogP contribution in [0.3, 0.4) is 0 Å². The van der Waals surface area contributed by atoms with E-state index in [4.69, 9.17) is 9.15 Å². The molecule has 3 aliphatic heterocycles. The van der Waals surface area contributed by atoms with Gasteiger partial charge in [-0.3, -0.25) is 14.4 Å². The number of nitrogens with zero attached hydrogens (tertiary/aromatic N) is 2. The second-order valence-corrected chi connectivity index (χ2v) is 12.5. The third-order valence-corrected chi connectivity index (χ3v) is 9.75. The van der Waals surface area contributed by atoms with Gasteiger partial charge in [0.25, 0.3) is 5.56 Å². The number of ether oxygens (including phenoxy) is 1. The number of piperidine rings is 1. The summed E-state index contributed by atoms with van der Waals surface area (Å²) in [6, 6.07) is 23.2. The van der Waals surface area contributed by atoms with Crippen molar-refractivity contribution < 1.29 is 18.7 Å². The molecule has 2 bridgehead atoms. The van der Waals surface area contributed by atoms with E-state index in [0.29, 0.717) is 31.8 Å². The van der Waals surface area contributed by atoms with Gasteiger partial charge in [-0.2, -0.15) is 0 Å². The number of amides is 2. The third-order valence-electron chi connectivity index (χ3n) is 9.75. The SMILES string of the molecule is COc1ccccc1C(CCNC(=O)[C@@H]1Cc2cc(NC(C)=O)ccc2N2C[C@H]3C[C@H](c4cccc(=O)n4C3)[C@H]12)c1ccco1. The fraction of sp³-hybridized carbons (Fsp3) is 0.361. The molecule has 45 heavy (non-hydrogen) atoms. The van der Waals surface area contributed by atoms with Crippen LogP contribution in [0.4, 0.5) is 11.4 Å². The summed E-state index contributed by atoms with van der Waals surface area (Å²) in [6.45, 7) is 3.40. The van der Waals surface area contributed by atoms with Crippen LogP contribution in [0.2, 0.25) is 0 Å². The van der Waals surface area contributed by atoms with Crippen LogP contribution in [0.5, 0.6) is 5.75 Å². The zero-order chi connectivity index (χ0) is 31.1. The van der Waals surface area contributed by atoms with Crippen LogP contribution in [-0.4, -0.2) is 42.6 Å². The van der Waals surface area contributed by atoms with Gasteiger partial charge in [-0.25, -0.2) is 0 Å². The highest BCUT2D eigenvalue weighted by Crippen LogP contribution is 2.48. The Morgan fingerprint density at radius 3 is 2.71 bits per heavy atom. The topological polar surface area (TPSA) is 106 Å². The fourth-order valence-electron chi connectivity index (χ4n) is 7.97. The molecule has 9 heteroatoms. The molecule has 5 atom stereocenters. The van der Waals surface area contributed by atoms with Gasteiger partial charge in [0.1, 0.15) is 11.5 Å². The van der Waals surface area contributed by atoms with Crippen LogP contribution in [0, 0.1) is 11.8 Å². The first-order chi connectivity index (χ1) is 21.9. The summed E-state index contributed by atoms with van der Waals surface area (Å²) in [5.41, 5.74) is 4.92. The zero-order valence-electron chi connectivity index (χ0n) is 25.6. The lowest BCUT2D eigenvalue weighted by atomic mass is 9.69. The van der Waals surface area contributed by atoms with Crippen molar-refractivity contribution in [1.29, 1.82) is 0 Å². The van der Waals surface area contributed by atoms with Crippen LogP contribution >= 0.6 is 0 Å². The van der Waals surface area contributed by atoms with Crippen molar-refractivity contribution in [1.82, 2.24) is 9.88 Å². The minimum Gasteiger partial charge on any atom is -0.496 e. The molecule has 7 rings (SSSR count). The average Bonchev–Trinajstić information content (AvgIpc) is 3.57. The Morgan fingerprint density at radius 1 is 1.04 bits per heavy atom. The van der Waals surface area contributed by atoms with Gasteiger partial charge in [-0.05, 0) is 73.2 Å². The summed E-state index contributed by atoms with van der Waals surface area (Å²) in [6.07, 6.45) is 3.79. The Balaban J connectivity index is 1.19. The molecule has 4 aromatic rings. The lowest BCUT2D eigenvalue weighted by Crippen LogP contribution is -2.60. The average molecular weight is 607 g/mol. The first-order valence-corrected chi connectivity index (χ1v) is 15.7. The molecule has 0 saturated carbocycles. The smallest absolute Gasteiger partial charge is 0.250 e. The van der Waals surface area contributed by atoms with E-state index in [1.807, 2.05) is 59.2 Å². The summed E-state index contributed by atoms with van der Waals surface area (Å²) >= 11 is 0. The Hall–Kier alpha value is -4.79. The van der Waals surface area contributed by atoms with E-state index < -0.39 is 0 Å². The van der Waals surface area contributed by atoms with Gasteiger partial charge in [0.05, 0.1) is 19.3 Å². The van der Waals surface area contributed by atoms with Crippen molar-refractivity contribution in [2.45, 2.75) is 50.6 Å². The first kappa shape index (κ1) is 29.0. The molecule has 2 N–H and O–H groups in total. The number of hydrogen-bond acceptors (Lipinski definition) is 6. The minimum absolute atomic E-state index is 0.00680. The Kier molecular flexibility index (Phi) is 7.69. The van der Waals surface area contributed by atoms with E-state index >= 15 is 0 Å². The largest absolute Gasteiger partial charge is 0.496 e. The molecule has 232 valence electrons. The van der Waals surface area contributed by atoms with Gasteiger partial charge in [-0.15, -0.1) is 0 Å². The number of pyridine rings is 1. The predicted molar refractivity (Wildman–Crippen MR) is 172 cm³/mol. The molecule has 3 aliphatic rings. The van der Waals surface area contributed by atoms with E-state index in [0.717, 1.165) is 52.7 Å². The maximum absolute atomic E-state index is 14.3. The minimum atomic E-state index is -0.341. The quantitative estimate of drug-likeness (QED) is 0.295. The highest BCUT2D eigenvalue weighted by Gasteiger charge is 2.49. The van der Waals surface area contributed by atoms with Crippen molar-refractivity contribution in [3.63, 3.8) is 0 Å². The number of methoxy groups -OCH3 is 1. The lowest BCUT2D eigenvalue weighted by Gasteiger charge is -2.54. The van der Waals surface area contributed by atoms with Gasteiger partial charge in [0, 0.05) is 73.1 Å². The molecule has 2 aromatic carbocycles.